The number of hydrogen-bond donors (Lipinski definition) is 1. The summed E-state index contributed by atoms with van der Waals surface area (Å²) < 4.78 is 31.0. The van der Waals surface area contributed by atoms with Crippen LogP contribution in [0.25, 0.3) is 10.1 Å². The minimum absolute atomic E-state index is 0.325. The van der Waals surface area contributed by atoms with Crippen molar-refractivity contribution in [3.63, 3.8) is 0 Å². The molecule has 0 aliphatic heterocycles. The minimum atomic E-state index is -3.39. The molecule has 140 valence electrons. The fourth-order valence-electron chi connectivity index (χ4n) is 2.51. The second-order valence-electron chi connectivity index (χ2n) is 6.01. The Morgan fingerprint density at radius 1 is 1.07 bits per heavy atom. The molecule has 0 amide bonds. The molecule has 6 nitrogen and oxygen atoms in total. The third kappa shape index (κ3) is 4.72. The maximum absolute atomic E-state index is 12.5. The second kappa shape index (κ2) is 7.50. The predicted octanol–water partition coefficient (Wildman–Crippen LogP) is 3.70. The minimum Gasteiger partial charge on any atom is -0.450 e. The number of thiophene rings is 1. The predicted molar refractivity (Wildman–Crippen MR) is 106 cm³/mol. The van der Waals surface area contributed by atoms with Crippen LogP contribution in [0, 0.1) is 0 Å². The lowest BCUT2D eigenvalue weighted by atomic mass is 10.1. The van der Waals surface area contributed by atoms with E-state index in [1.807, 2.05) is 24.3 Å². The van der Waals surface area contributed by atoms with Crippen molar-refractivity contribution in [1.29, 1.82) is 0 Å². The highest BCUT2D eigenvalue weighted by Crippen LogP contribution is 2.26. The number of Topliss-reactive ketones (excluding diaryl/α,β-unsaturated/α-hetero) is 1. The SMILES string of the molecule is C[C@H](OC(=O)c1cc2ccccc2s1)C(=O)c1ccc(NS(C)(=O)=O)cc1. The first-order chi connectivity index (χ1) is 12.7. The van der Waals surface area contributed by atoms with Gasteiger partial charge < -0.3 is 4.74 Å². The molecule has 0 spiro atoms. The number of rotatable bonds is 6. The van der Waals surface area contributed by atoms with Crippen LogP contribution in [-0.4, -0.2) is 32.5 Å². The molecular formula is C19H17NO5S2. The molecule has 1 aromatic heterocycles. The van der Waals surface area contributed by atoms with Crippen LogP contribution in [0.4, 0.5) is 5.69 Å². The van der Waals surface area contributed by atoms with Crippen molar-refractivity contribution in [1.82, 2.24) is 0 Å². The molecule has 8 heteroatoms. The van der Waals surface area contributed by atoms with E-state index in [4.69, 9.17) is 4.74 Å². The quantitative estimate of drug-likeness (QED) is 0.501. The molecule has 1 N–H and O–H groups in total. The molecule has 0 fully saturated rings. The number of esters is 1. The Bertz CT molecular complexity index is 1070. The molecule has 0 saturated heterocycles. The zero-order valence-electron chi connectivity index (χ0n) is 14.6. The first kappa shape index (κ1) is 19.1. The second-order valence-corrected chi connectivity index (χ2v) is 8.84. The normalized spacial score (nSPS) is 12.5. The van der Waals surface area contributed by atoms with Crippen LogP contribution in [0.3, 0.4) is 0 Å². The van der Waals surface area contributed by atoms with Crippen molar-refractivity contribution in [3.8, 4) is 0 Å². The Kier molecular flexibility index (Phi) is 5.29. The average molecular weight is 403 g/mol. The van der Waals surface area contributed by atoms with E-state index in [9.17, 15) is 18.0 Å². The molecular weight excluding hydrogens is 386 g/mol. The number of hydrogen-bond acceptors (Lipinski definition) is 6. The van der Waals surface area contributed by atoms with E-state index in [1.165, 1.54) is 42.5 Å². The fourth-order valence-corrected chi connectivity index (χ4v) is 4.02. The first-order valence-electron chi connectivity index (χ1n) is 8.04. The number of ketones is 1. The molecule has 0 unspecified atom stereocenters. The summed E-state index contributed by atoms with van der Waals surface area (Å²) in [5, 5.41) is 0.947. The van der Waals surface area contributed by atoms with Gasteiger partial charge in [0.25, 0.3) is 0 Å². The van der Waals surface area contributed by atoms with Gasteiger partial charge in [0.15, 0.2) is 6.10 Å². The number of nitrogens with one attached hydrogen (secondary N) is 1. The van der Waals surface area contributed by atoms with Gasteiger partial charge in [-0.1, -0.05) is 18.2 Å². The average Bonchev–Trinajstić information content (AvgIpc) is 3.04. The number of anilines is 1. The van der Waals surface area contributed by atoms with Crippen LogP contribution < -0.4 is 4.72 Å². The standard InChI is InChI=1S/C19H17NO5S2/c1-12(18(21)13-7-9-15(10-8-13)20-27(2,23)24)25-19(22)17-11-14-5-3-4-6-16(14)26-17/h3-12,20H,1-2H3/t12-/m0/s1. The lowest BCUT2D eigenvalue weighted by Gasteiger charge is -2.12. The van der Waals surface area contributed by atoms with Gasteiger partial charge in [-0.3, -0.25) is 9.52 Å². The van der Waals surface area contributed by atoms with E-state index in [2.05, 4.69) is 4.72 Å². The van der Waals surface area contributed by atoms with E-state index in [1.54, 1.807) is 6.07 Å². The largest absolute Gasteiger partial charge is 0.450 e. The molecule has 27 heavy (non-hydrogen) atoms. The maximum atomic E-state index is 12.5. The topological polar surface area (TPSA) is 89.5 Å². The van der Waals surface area contributed by atoms with E-state index in [-0.39, 0.29) is 5.78 Å². The van der Waals surface area contributed by atoms with Gasteiger partial charge in [0.2, 0.25) is 15.8 Å². The van der Waals surface area contributed by atoms with Crippen LogP contribution in [0.15, 0.2) is 54.6 Å². The van der Waals surface area contributed by atoms with Crippen LogP contribution >= 0.6 is 11.3 Å². The van der Waals surface area contributed by atoms with Crippen molar-refractivity contribution in [2.24, 2.45) is 0 Å². The number of ether oxygens (including phenoxy) is 1. The van der Waals surface area contributed by atoms with Crippen molar-refractivity contribution in [3.05, 3.63) is 65.0 Å². The van der Waals surface area contributed by atoms with Gasteiger partial charge in [-0.25, -0.2) is 13.2 Å². The van der Waals surface area contributed by atoms with Gasteiger partial charge in [0.1, 0.15) is 4.88 Å². The highest BCUT2D eigenvalue weighted by Gasteiger charge is 2.21. The van der Waals surface area contributed by atoms with E-state index in [0.717, 1.165) is 16.3 Å². The monoisotopic (exact) mass is 403 g/mol. The van der Waals surface area contributed by atoms with Crippen LogP contribution in [0.2, 0.25) is 0 Å². The van der Waals surface area contributed by atoms with Gasteiger partial charge in [-0.2, -0.15) is 0 Å². The molecule has 0 aliphatic rings. The van der Waals surface area contributed by atoms with Crippen molar-refractivity contribution in [2.45, 2.75) is 13.0 Å². The lowest BCUT2D eigenvalue weighted by Crippen LogP contribution is -2.24. The van der Waals surface area contributed by atoms with Crippen molar-refractivity contribution >= 4 is 48.9 Å². The molecule has 1 atom stereocenters. The first-order valence-corrected chi connectivity index (χ1v) is 10.8. The summed E-state index contributed by atoms with van der Waals surface area (Å²) in [4.78, 5) is 25.2. The molecule has 0 bridgehead atoms. The Morgan fingerprint density at radius 3 is 2.37 bits per heavy atom. The van der Waals surface area contributed by atoms with Gasteiger partial charge >= 0.3 is 5.97 Å². The summed E-state index contributed by atoms with van der Waals surface area (Å²) in [6.45, 7) is 1.51. The summed E-state index contributed by atoms with van der Waals surface area (Å²) in [6, 6.07) is 15.3. The molecule has 2 aromatic carbocycles. The lowest BCUT2D eigenvalue weighted by molar-refractivity contribution is 0.0323. The summed E-state index contributed by atoms with van der Waals surface area (Å²) in [6.07, 6.45) is 0.0816. The number of carbonyl (C=O) groups is 2. The number of fused-ring (bicyclic) bond motifs is 1. The molecule has 3 rings (SSSR count). The third-order valence-corrected chi connectivity index (χ3v) is 5.46. The fraction of sp³-hybridized carbons (Fsp3) is 0.158. The molecule has 0 saturated carbocycles. The highest BCUT2D eigenvalue weighted by molar-refractivity contribution is 7.92. The molecule has 3 aromatic rings. The van der Waals surface area contributed by atoms with Gasteiger partial charge in [-0.15, -0.1) is 11.3 Å². The summed E-state index contributed by atoms with van der Waals surface area (Å²) in [5.41, 5.74) is 0.676. The Hall–Kier alpha value is -2.71. The van der Waals surface area contributed by atoms with Crippen molar-refractivity contribution in [2.75, 3.05) is 11.0 Å². The van der Waals surface area contributed by atoms with Gasteiger partial charge in [0, 0.05) is 16.0 Å². The molecule has 1 heterocycles. The van der Waals surface area contributed by atoms with Gasteiger partial charge in [0.05, 0.1) is 6.26 Å². The summed E-state index contributed by atoms with van der Waals surface area (Å²) in [5.74, 6) is -0.914. The van der Waals surface area contributed by atoms with Crippen LogP contribution in [-0.2, 0) is 14.8 Å². The number of sulfonamides is 1. The summed E-state index contributed by atoms with van der Waals surface area (Å²) in [7, 11) is -3.39. The zero-order chi connectivity index (χ0) is 19.6. The Morgan fingerprint density at radius 2 is 1.74 bits per heavy atom. The maximum Gasteiger partial charge on any atom is 0.349 e. The Balaban J connectivity index is 1.68. The van der Waals surface area contributed by atoms with E-state index < -0.39 is 22.1 Å². The third-order valence-electron chi connectivity index (χ3n) is 3.75. The zero-order valence-corrected chi connectivity index (χ0v) is 16.3. The van der Waals surface area contributed by atoms with Crippen LogP contribution in [0.5, 0.6) is 0 Å². The number of benzene rings is 2. The van der Waals surface area contributed by atoms with E-state index in [0.29, 0.717) is 16.1 Å². The van der Waals surface area contributed by atoms with E-state index >= 15 is 0 Å². The molecule has 0 radical (unpaired) electrons. The van der Waals surface area contributed by atoms with Crippen molar-refractivity contribution < 1.29 is 22.7 Å². The Labute approximate surface area is 160 Å². The van der Waals surface area contributed by atoms with Gasteiger partial charge in [-0.05, 0) is 48.7 Å². The highest BCUT2D eigenvalue weighted by atomic mass is 32.2. The molecule has 0 aliphatic carbocycles. The van der Waals surface area contributed by atoms with Crippen LogP contribution in [0.1, 0.15) is 27.0 Å². The smallest absolute Gasteiger partial charge is 0.349 e. The number of carbonyl (C=O) groups excluding carboxylic acids is 2. The summed E-state index contributed by atoms with van der Waals surface area (Å²) >= 11 is 1.31.